The Bertz CT molecular complexity index is 336. The van der Waals surface area contributed by atoms with Crippen molar-refractivity contribution >= 4 is 15.9 Å². The first-order chi connectivity index (χ1) is 7.60. The molecule has 0 saturated carbocycles. The van der Waals surface area contributed by atoms with Gasteiger partial charge in [0.05, 0.1) is 0 Å². The molecule has 1 aromatic carbocycles. The lowest BCUT2D eigenvalue weighted by atomic mass is 9.93. The summed E-state index contributed by atoms with van der Waals surface area (Å²) in [7, 11) is 2.04. The van der Waals surface area contributed by atoms with Crippen LogP contribution in [0.5, 0.6) is 0 Å². The molecule has 2 unspecified atom stereocenters. The highest BCUT2D eigenvalue weighted by Crippen LogP contribution is 2.30. The Hall–Kier alpha value is -0.340. The van der Waals surface area contributed by atoms with Crippen LogP contribution in [0.25, 0.3) is 0 Å². The lowest BCUT2D eigenvalue weighted by Crippen LogP contribution is -2.19. The topological polar surface area (TPSA) is 12.0 Å². The Morgan fingerprint density at radius 3 is 2.62 bits per heavy atom. The van der Waals surface area contributed by atoms with E-state index in [1.54, 1.807) is 0 Å². The van der Waals surface area contributed by atoms with E-state index in [-0.39, 0.29) is 0 Å². The van der Waals surface area contributed by atoms with E-state index < -0.39 is 0 Å². The zero-order valence-electron chi connectivity index (χ0n) is 10.7. The molecule has 90 valence electrons. The SMILES string of the molecule is CCC(C)CC(NC)c1cccc(C)c1Br. The number of nitrogens with one attached hydrogen (secondary N) is 1. The molecule has 0 spiro atoms. The number of rotatable bonds is 5. The van der Waals surface area contributed by atoms with Gasteiger partial charge in [-0.25, -0.2) is 0 Å². The molecule has 2 atom stereocenters. The van der Waals surface area contributed by atoms with E-state index in [2.05, 4.69) is 60.2 Å². The molecule has 0 saturated heterocycles. The van der Waals surface area contributed by atoms with Crippen LogP contribution in [-0.2, 0) is 0 Å². The van der Waals surface area contributed by atoms with E-state index in [0.717, 1.165) is 5.92 Å². The third kappa shape index (κ3) is 3.33. The van der Waals surface area contributed by atoms with Gasteiger partial charge in [0.1, 0.15) is 0 Å². The zero-order valence-corrected chi connectivity index (χ0v) is 12.3. The van der Waals surface area contributed by atoms with Crippen LogP contribution in [0.15, 0.2) is 22.7 Å². The van der Waals surface area contributed by atoms with E-state index in [4.69, 9.17) is 0 Å². The van der Waals surface area contributed by atoms with Gasteiger partial charge in [-0.3, -0.25) is 0 Å². The molecule has 0 heterocycles. The van der Waals surface area contributed by atoms with Crippen molar-refractivity contribution in [2.45, 2.75) is 39.7 Å². The fraction of sp³-hybridized carbons (Fsp3) is 0.571. The van der Waals surface area contributed by atoms with Gasteiger partial charge in [0.25, 0.3) is 0 Å². The molecule has 0 fully saturated rings. The van der Waals surface area contributed by atoms with Crippen LogP contribution >= 0.6 is 15.9 Å². The number of hydrogen-bond donors (Lipinski definition) is 1. The monoisotopic (exact) mass is 283 g/mol. The van der Waals surface area contributed by atoms with Gasteiger partial charge >= 0.3 is 0 Å². The minimum atomic E-state index is 0.448. The molecule has 16 heavy (non-hydrogen) atoms. The Balaban J connectivity index is 2.90. The quantitative estimate of drug-likeness (QED) is 0.842. The van der Waals surface area contributed by atoms with Gasteiger partial charge in [-0.2, -0.15) is 0 Å². The van der Waals surface area contributed by atoms with Crippen LogP contribution in [0.3, 0.4) is 0 Å². The van der Waals surface area contributed by atoms with E-state index in [1.807, 2.05) is 7.05 Å². The first-order valence-corrected chi connectivity index (χ1v) is 6.81. The van der Waals surface area contributed by atoms with Crippen LogP contribution in [0.4, 0.5) is 0 Å². The Morgan fingerprint density at radius 1 is 1.38 bits per heavy atom. The molecule has 0 aliphatic carbocycles. The number of halogens is 1. The van der Waals surface area contributed by atoms with Crippen LogP contribution in [0, 0.1) is 12.8 Å². The van der Waals surface area contributed by atoms with Gasteiger partial charge in [0.15, 0.2) is 0 Å². The molecule has 1 rings (SSSR count). The molecule has 0 bridgehead atoms. The van der Waals surface area contributed by atoms with Gasteiger partial charge in [0, 0.05) is 10.5 Å². The average molecular weight is 284 g/mol. The minimum Gasteiger partial charge on any atom is -0.313 e. The lowest BCUT2D eigenvalue weighted by Gasteiger charge is -2.22. The predicted octanol–water partition coefficient (Wildman–Crippen LogP) is 4.45. The van der Waals surface area contributed by atoms with Gasteiger partial charge in [0.2, 0.25) is 0 Å². The molecule has 1 aromatic rings. The summed E-state index contributed by atoms with van der Waals surface area (Å²) >= 11 is 3.69. The van der Waals surface area contributed by atoms with Gasteiger partial charge in [-0.1, -0.05) is 54.4 Å². The maximum absolute atomic E-state index is 3.69. The molecule has 0 aromatic heterocycles. The van der Waals surface area contributed by atoms with Gasteiger partial charge in [-0.15, -0.1) is 0 Å². The average Bonchev–Trinajstić information content (AvgIpc) is 2.29. The predicted molar refractivity (Wildman–Crippen MR) is 74.8 cm³/mol. The second kappa shape index (κ2) is 6.41. The smallest absolute Gasteiger partial charge is 0.0331 e. The molecule has 2 heteroatoms. The molecular weight excluding hydrogens is 262 g/mol. The molecule has 0 amide bonds. The minimum absolute atomic E-state index is 0.448. The normalized spacial score (nSPS) is 14.8. The number of hydrogen-bond acceptors (Lipinski definition) is 1. The van der Waals surface area contributed by atoms with Crippen molar-refractivity contribution in [3.05, 3.63) is 33.8 Å². The summed E-state index contributed by atoms with van der Waals surface area (Å²) in [5.41, 5.74) is 2.68. The molecular formula is C14H22BrN. The molecule has 0 radical (unpaired) electrons. The van der Waals surface area contributed by atoms with E-state index in [9.17, 15) is 0 Å². The molecule has 0 aliphatic rings. The Labute approximate surface area is 108 Å². The van der Waals surface area contributed by atoms with Crippen molar-refractivity contribution < 1.29 is 0 Å². The summed E-state index contributed by atoms with van der Waals surface area (Å²) in [6.07, 6.45) is 2.43. The molecule has 1 N–H and O–H groups in total. The standard InChI is InChI=1S/C14H22BrN/c1-5-10(2)9-13(16-4)12-8-6-7-11(3)14(12)15/h6-8,10,13,16H,5,9H2,1-4H3. The zero-order chi connectivity index (χ0) is 12.1. The van der Waals surface area contributed by atoms with E-state index in [1.165, 1.54) is 28.4 Å². The van der Waals surface area contributed by atoms with E-state index >= 15 is 0 Å². The summed E-state index contributed by atoms with van der Waals surface area (Å²) in [6, 6.07) is 6.94. The summed E-state index contributed by atoms with van der Waals surface area (Å²) in [5.74, 6) is 0.755. The van der Waals surface area contributed by atoms with Crippen LogP contribution in [-0.4, -0.2) is 7.05 Å². The first kappa shape index (κ1) is 13.7. The summed E-state index contributed by atoms with van der Waals surface area (Å²) < 4.78 is 1.25. The third-order valence-corrected chi connectivity index (χ3v) is 4.36. The summed E-state index contributed by atoms with van der Waals surface area (Å²) in [6.45, 7) is 6.71. The largest absolute Gasteiger partial charge is 0.313 e. The molecule has 0 aliphatic heterocycles. The van der Waals surface area contributed by atoms with Crippen LogP contribution in [0.1, 0.15) is 43.9 Å². The first-order valence-electron chi connectivity index (χ1n) is 6.02. The lowest BCUT2D eigenvalue weighted by molar-refractivity contribution is 0.421. The van der Waals surface area contributed by atoms with Crippen LogP contribution in [0.2, 0.25) is 0 Å². The van der Waals surface area contributed by atoms with Crippen molar-refractivity contribution in [1.29, 1.82) is 0 Å². The fourth-order valence-electron chi connectivity index (χ4n) is 1.91. The van der Waals surface area contributed by atoms with Crippen molar-refractivity contribution in [2.24, 2.45) is 5.92 Å². The maximum atomic E-state index is 3.69. The Morgan fingerprint density at radius 2 is 2.06 bits per heavy atom. The highest BCUT2D eigenvalue weighted by molar-refractivity contribution is 9.10. The van der Waals surface area contributed by atoms with Crippen molar-refractivity contribution in [3.8, 4) is 0 Å². The number of benzene rings is 1. The maximum Gasteiger partial charge on any atom is 0.0331 e. The second-order valence-electron chi connectivity index (χ2n) is 4.57. The van der Waals surface area contributed by atoms with Crippen LogP contribution < -0.4 is 5.32 Å². The third-order valence-electron chi connectivity index (χ3n) is 3.28. The summed E-state index contributed by atoms with van der Waals surface area (Å²) in [4.78, 5) is 0. The fourth-order valence-corrected chi connectivity index (χ4v) is 2.45. The highest BCUT2D eigenvalue weighted by atomic mass is 79.9. The van der Waals surface area contributed by atoms with Gasteiger partial charge in [-0.05, 0) is 37.4 Å². The highest BCUT2D eigenvalue weighted by Gasteiger charge is 2.15. The summed E-state index contributed by atoms with van der Waals surface area (Å²) in [5, 5.41) is 3.42. The Kier molecular flexibility index (Phi) is 5.50. The van der Waals surface area contributed by atoms with Crippen molar-refractivity contribution in [1.82, 2.24) is 5.32 Å². The molecule has 1 nitrogen and oxygen atoms in total. The van der Waals surface area contributed by atoms with Crippen molar-refractivity contribution in [2.75, 3.05) is 7.05 Å². The van der Waals surface area contributed by atoms with E-state index in [0.29, 0.717) is 6.04 Å². The second-order valence-corrected chi connectivity index (χ2v) is 5.36. The number of aryl methyl sites for hydroxylation is 1. The van der Waals surface area contributed by atoms with Gasteiger partial charge < -0.3 is 5.32 Å². The van der Waals surface area contributed by atoms with Crippen molar-refractivity contribution in [3.63, 3.8) is 0 Å².